The number of carbonyl (C=O) groups is 2. The molecule has 0 spiro atoms. The Labute approximate surface area is 170 Å². The monoisotopic (exact) mass is 398 g/mol. The molecular weight excluding hydrogens is 371 g/mol. The van der Waals surface area contributed by atoms with E-state index in [-0.39, 0.29) is 23.7 Å². The minimum Gasteiger partial charge on any atom is -0.375 e. The number of morpholine rings is 1. The number of unbranched alkanes of at least 4 members (excludes halogenated alkanes) is 1. The van der Waals surface area contributed by atoms with Gasteiger partial charge < -0.3 is 15.0 Å². The number of rotatable bonds is 7. The van der Waals surface area contributed by atoms with Gasteiger partial charge in [-0.3, -0.25) is 9.59 Å². The van der Waals surface area contributed by atoms with Crippen molar-refractivity contribution in [3.8, 4) is 0 Å². The maximum Gasteiger partial charge on any atom is 0.254 e. The van der Waals surface area contributed by atoms with Crippen molar-refractivity contribution in [3.63, 3.8) is 0 Å². The number of hydrogen-bond acceptors (Lipinski definition) is 3. The van der Waals surface area contributed by atoms with Gasteiger partial charge in [-0.25, -0.2) is 4.39 Å². The van der Waals surface area contributed by atoms with Gasteiger partial charge in [-0.2, -0.15) is 0 Å². The SMILES string of the molecule is CC1CN(C(=O)c2cccc(NC(=O)CCCCc3ccc(F)cc3)c2)CCO1. The summed E-state index contributed by atoms with van der Waals surface area (Å²) in [7, 11) is 0. The average Bonchev–Trinajstić information content (AvgIpc) is 2.72. The van der Waals surface area contributed by atoms with Gasteiger partial charge in [0, 0.05) is 30.8 Å². The molecule has 1 aliphatic rings. The van der Waals surface area contributed by atoms with Crippen LogP contribution in [0.2, 0.25) is 0 Å². The van der Waals surface area contributed by atoms with E-state index in [9.17, 15) is 14.0 Å². The van der Waals surface area contributed by atoms with Crippen molar-refractivity contribution in [2.75, 3.05) is 25.0 Å². The Morgan fingerprint density at radius 1 is 1.17 bits per heavy atom. The summed E-state index contributed by atoms with van der Waals surface area (Å²) >= 11 is 0. The minimum atomic E-state index is -0.239. The van der Waals surface area contributed by atoms with Crippen molar-refractivity contribution in [3.05, 3.63) is 65.5 Å². The number of ether oxygens (including phenoxy) is 1. The molecule has 1 heterocycles. The summed E-state index contributed by atoms with van der Waals surface area (Å²) in [6.45, 7) is 3.64. The fourth-order valence-electron chi connectivity index (χ4n) is 3.40. The highest BCUT2D eigenvalue weighted by atomic mass is 19.1. The maximum absolute atomic E-state index is 12.9. The highest BCUT2D eigenvalue weighted by Crippen LogP contribution is 2.16. The summed E-state index contributed by atoms with van der Waals surface area (Å²) in [5.41, 5.74) is 2.25. The van der Waals surface area contributed by atoms with E-state index >= 15 is 0 Å². The molecule has 1 fully saturated rings. The summed E-state index contributed by atoms with van der Waals surface area (Å²) in [4.78, 5) is 26.7. The molecule has 6 heteroatoms. The zero-order valence-corrected chi connectivity index (χ0v) is 16.7. The first-order chi connectivity index (χ1) is 14.0. The van der Waals surface area contributed by atoms with Crippen LogP contribution in [0.3, 0.4) is 0 Å². The number of aryl methyl sites for hydroxylation is 1. The van der Waals surface area contributed by atoms with Gasteiger partial charge in [0.05, 0.1) is 12.7 Å². The van der Waals surface area contributed by atoms with Crippen LogP contribution in [0.25, 0.3) is 0 Å². The Hall–Kier alpha value is -2.73. The average molecular weight is 398 g/mol. The predicted molar refractivity (Wildman–Crippen MR) is 110 cm³/mol. The molecule has 154 valence electrons. The van der Waals surface area contributed by atoms with E-state index in [0.29, 0.717) is 37.4 Å². The molecule has 3 rings (SSSR count). The third-order valence-electron chi connectivity index (χ3n) is 4.95. The molecule has 1 aliphatic heterocycles. The van der Waals surface area contributed by atoms with Crippen LogP contribution in [0.15, 0.2) is 48.5 Å². The fourth-order valence-corrected chi connectivity index (χ4v) is 3.40. The number of benzene rings is 2. The van der Waals surface area contributed by atoms with E-state index < -0.39 is 0 Å². The molecule has 1 N–H and O–H groups in total. The van der Waals surface area contributed by atoms with Crippen LogP contribution in [0, 0.1) is 5.82 Å². The molecule has 1 atom stereocenters. The van der Waals surface area contributed by atoms with Crippen molar-refractivity contribution in [1.82, 2.24) is 4.90 Å². The number of nitrogens with one attached hydrogen (secondary N) is 1. The molecular formula is C23H27FN2O3. The van der Waals surface area contributed by atoms with Crippen molar-refractivity contribution >= 4 is 17.5 Å². The zero-order valence-electron chi connectivity index (χ0n) is 16.7. The highest BCUT2D eigenvalue weighted by molar-refractivity contribution is 5.97. The molecule has 0 aliphatic carbocycles. The standard InChI is InChI=1S/C23H27FN2O3/c1-17-16-26(13-14-29-17)23(28)19-6-4-7-21(15-19)25-22(27)8-3-2-5-18-9-11-20(24)12-10-18/h4,6-7,9-12,15,17H,2-3,5,8,13-14,16H2,1H3,(H,25,27). The van der Waals surface area contributed by atoms with Crippen LogP contribution >= 0.6 is 0 Å². The van der Waals surface area contributed by atoms with E-state index in [1.54, 1.807) is 41.3 Å². The first-order valence-electron chi connectivity index (χ1n) is 10.1. The number of nitrogens with zero attached hydrogens (tertiary/aromatic N) is 1. The van der Waals surface area contributed by atoms with Crippen LogP contribution in [0.4, 0.5) is 10.1 Å². The van der Waals surface area contributed by atoms with Gasteiger partial charge >= 0.3 is 0 Å². The lowest BCUT2D eigenvalue weighted by atomic mass is 10.1. The molecule has 0 saturated carbocycles. The Balaban J connectivity index is 1.46. The molecule has 1 unspecified atom stereocenters. The summed E-state index contributed by atoms with van der Waals surface area (Å²) in [5.74, 6) is -0.360. The number of amides is 2. The minimum absolute atomic E-state index is 0.0329. The lowest BCUT2D eigenvalue weighted by Gasteiger charge is -2.31. The Morgan fingerprint density at radius 2 is 1.97 bits per heavy atom. The Kier molecular flexibility index (Phi) is 7.36. The van der Waals surface area contributed by atoms with Crippen LogP contribution < -0.4 is 5.32 Å². The topological polar surface area (TPSA) is 58.6 Å². The zero-order chi connectivity index (χ0) is 20.6. The molecule has 2 aromatic rings. The Bertz CT molecular complexity index is 838. The van der Waals surface area contributed by atoms with E-state index in [2.05, 4.69) is 5.32 Å². The van der Waals surface area contributed by atoms with Crippen LogP contribution in [-0.2, 0) is 16.0 Å². The molecule has 2 amide bonds. The molecule has 1 saturated heterocycles. The lowest BCUT2D eigenvalue weighted by Crippen LogP contribution is -2.44. The van der Waals surface area contributed by atoms with Gasteiger partial charge in [-0.15, -0.1) is 0 Å². The number of anilines is 1. The van der Waals surface area contributed by atoms with Crippen molar-refractivity contribution in [2.24, 2.45) is 0 Å². The molecule has 5 nitrogen and oxygen atoms in total. The Morgan fingerprint density at radius 3 is 2.72 bits per heavy atom. The second-order valence-corrected chi connectivity index (χ2v) is 7.40. The molecule has 0 bridgehead atoms. The van der Waals surface area contributed by atoms with Crippen molar-refractivity contribution in [1.29, 1.82) is 0 Å². The quantitative estimate of drug-likeness (QED) is 0.716. The second kappa shape index (κ2) is 10.2. The van der Waals surface area contributed by atoms with Gasteiger partial charge in [-0.05, 0) is 62.1 Å². The van der Waals surface area contributed by atoms with Gasteiger partial charge in [0.1, 0.15) is 5.82 Å². The maximum atomic E-state index is 12.9. The van der Waals surface area contributed by atoms with E-state index in [1.165, 1.54) is 12.1 Å². The number of hydrogen-bond donors (Lipinski definition) is 1. The second-order valence-electron chi connectivity index (χ2n) is 7.40. The predicted octanol–water partition coefficient (Wildman–Crippen LogP) is 4.04. The van der Waals surface area contributed by atoms with Gasteiger partial charge in [0.25, 0.3) is 5.91 Å². The van der Waals surface area contributed by atoms with E-state index in [1.807, 2.05) is 6.92 Å². The van der Waals surface area contributed by atoms with E-state index in [0.717, 1.165) is 24.8 Å². The van der Waals surface area contributed by atoms with Crippen LogP contribution in [0.5, 0.6) is 0 Å². The van der Waals surface area contributed by atoms with E-state index in [4.69, 9.17) is 4.74 Å². The first-order valence-corrected chi connectivity index (χ1v) is 10.1. The third kappa shape index (κ3) is 6.39. The summed E-state index contributed by atoms with van der Waals surface area (Å²) in [6, 6.07) is 13.5. The summed E-state index contributed by atoms with van der Waals surface area (Å²) in [6.07, 6.45) is 2.85. The van der Waals surface area contributed by atoms with Gasteiger partial charge in [-0.1, -0.05) is 18.2 Å². The number of carbonyl (C=O) groups excluding carboxylic acids is 2. The van der Waals surface area contributed by atoms with Crippen molar-refractivity contribution < 1.29 is 18.7 Å². The molecule has 0 radical (unpaired) electrons. The highest BCUT2D eigenvalue weighted by Gasteiger charge is 2.22. The fraction of sp³-hybridized carbons (Fsp3) is 0.391. The van der Waals surface area contributed by atoms with Crippen molar-refractivity contribution in [2.45, 2.75) is 38.7 Å². The summed E-state index contributed by atoms with van der Waals surface area (Å²) < 4.78 is 18.4. The van der Waals surface area contributed by atoms with Gasteiger partial charge in [0.2, 0.25) is 5.91 Å². The van der Waals surface area contributed by atoms with Crippen LogP contribution in [0.1, 0.15) is 42.1 Å². The van der Waals surface area contributed by atoms with Crippen LogP contribution in [-0.4, -0.2) is 42.5 Å². The normalized spacial score (nSPS) is 16.5. The smallest absolute Gasteiger partial charge is 0.254 e. The third-order valence-corrected chi connectivity index (χ3v) is 4.95. The van der Waals surface area contributed by atoms with Gasteiger partial charge in [0.15, 0.2) is 0 Å². The largest absolute Gasteiger partial charge is 0.375 e. The molecule has 0 aromatic heterocycles. The number of halogens is 1. The summed E-state index contributed by atoms with van der Waals surface area (Å²) in [5, 5.41) is 2.87. The first kappa shape index (κ1) is 21.0. The molecule has 2 aromatic carbocycles. The lowest BCUT2D eigenvalue weighted by molar-refractivity contribution is -0.116. The molecule has 29 heavy (non-hydrogen) atoms.